The fraction of sp³-hybridized carbons (Fsp3) is 0.750. The Kier molecular flexibility index (Phi) is 2.37. The topological polar surface area (TPSA) is 12.0 Å². The SMILES string of the molecule is C1=CCC2(C1)CCCN2.Cl. The predicted molar refractivity (Wildman–Crippen MR) is 45.6 cm³/mol. The lowest BCUT2D eigenvalue weighted by Crippen LogP contribution is -2.36. The van der Waals surface area contributed by atoms with E-state index in [2.05, 4.69) is 17.5 Å². The first-order valence-corrected chi connectivity index (χ1v) is 3.81. The van der Waals surface area contributed by atoms with Gasteiger partial charge in [0.1, 0.15) is 0 Å². The predicted octanol–water partition coefficient (Wildman–Crippen LogP) is 1.88. The summed E-state index contributed by atoms with van der Waals surface area (Å²) in [5.41, 5.74) is 0.528. The summed E-state index contributed by atoms with van der Waals surface area (Å²) in [7, 11) is 0. The third kappa shape index (κ3) is 1.21. The molecule has 1 heterocycles. The van der Waals surface area contributed by atoms with Gasteiger partial charge in [-0.15, -0.1) is 12.4 Å². The molecule has 0 bridgehead atoms. The van der Waals surface area contributed by atoms with Gasteiger partial charge in [-0.05, 0) is 32.2 Å². The molecule has 1 spiro atoms. The van der Waals surface area contributed by atoms with Crippen LogP contribution >= 0.6 is 12.4 Å². The van der Waals surface area contributed by atoms with E-state index in [0.717, 1.165) is 0 Å². The number of hydrogen-bond donors (Lipinski definition) is 1. The Balaban J connectivity index is 0.000000500. The van der Waals surface area contributed by atoms with Gasteiger partial charge in [0.25, 0.3) is 0 Å². The lowest BCUT2D eigenvalue weighted by molar-refractivity contribution is 0.403. The van der Waals surface area contributed by atoms with Crippen LogP contribution in [-0.4, -0.2) is 12.1 Å². The van der Waals surface area contributed by atoms with Crippen LogP contribution in [0.4, 0.5) is 0 Å². The average molecular weight is 160 g/mol. The van der Waals surface area contributed by atoms with Gasteiger partial charge in [-0.1, -0.05) is 12.2 Å². The zero-order valence-corrected chi connectivity index (χ0v) is 6.91. The highest BCUT2D eigenvalue weighted by atomic mass is 35.5. The van der Waals surface area contributed by atoms with Crippen molar-refractivity contribution < 1.29 is 0 Å². The molecule has 1 fully saturated rings. The normalized spacial score (nSPS) is 27.2. The largest absolute Gasteiger partial charge is 0.311 e. The van der Waals surface area contributed by atoms with Crippen molar-refractivity contribution in [3.63, 3.8) is 0 Å². The molecule has 1 aliphatic heterocycles. The first kappa shape index (κ1) is 8.09. The van der Waals surface area contributed by atoms with Gasteiger partial charge < -0.3 is 5.32 Å². The van der Waals surface area contributed by atoms with Crippen LogP contribution in [-0.2, 0) is 0 Å². The second-order valence-electron chi connectivity index (χ2n) is 3.19. The van der Waals surface area contributed by atoms with E-state index >= 15 is 0 Å². The molecule has 2 heteroatoms. The minimum Gasteiger partial charge on any atom is -0.311 e. The van der Waals surface area contributed by atoms with Crippen molar-refractivity contribution in [3.8, 4) is 0 Å². The molecule has 1 nitrogen and oxygen atoms in total. The third-order valence-corrected chi connectivity index (χ3v) is 2.52. The Morgan fingerprint density at radius 1 is 1.20 bits per heavy atom. The summed E-state index contributed by atoms with van der Waals surface area (Å²) in [6.07, 6.45) is 9.91. The third-order valence-electron chi connectivity index (χ3n) is 2.52. The van der Waals surface area contributed by atoms with Gasteiger partial charge in [0, 0.05) is 5.54 Å². The van der Waals surface area contributed by atoms with Crippen LogP contribution in [0.5, 0.6) is 0 Å². The number of rotatable bonds is 0. The van der Waals surface area contributed by atoms with Gasteiger partial charge in [0.15, 0.2) is 0 Å². The lowest BCUT2D eigenvalue weighted by atomic mass is 9.95. The molecule has 0 unspecified atom stereocenters. The molecule has 0 aromatic heterocycles. The number of nitrogens with one attached hydrogen (secondary N) is 1. The highest BCUT2D eigenvalue weighted by Crippen LogP contribution is 2.31. The highest BCUT2D eigenvalue weighted by molar-refractivity contribution is 5.85. The smallest absolute Gasteiger partial charge is 0.0250 e. The van der Waals surface area contributed by atoms with Crippen LogP contribution in [0.1, 0.15) is 25.7 Å². The zero-order valence-electron chi connectivity index (χ0n) is 6.10. The molecule has 0 atom stereocenters. The standard InChI is InChI=1S/C8H13N.ClH/c1-2-5-8(4-1)6-3-7-9-8;/h1-2,9H,3-7H2;1H. The summed E-state index contributed by atoms with van der Waals surface area (Å²) in [5, 5.41) is 3.57. The summed E-state index contributed by atoms with van der Waals surface area (Å²) in [6, 6.07) is 0. The van der Waals surface area contributed by atoms with E-state index in [4.69, 9.17) is 0 Å². The molecule has 0 amide bonds. The molecule has 2 rings (SSSR count). The van der Waals surface area contributed by atoms with Crippen LogP contribution in [0.3, 0.4) is 0 Å². The number of halogens is 1. The van der Waals surface area contributed by atoms with Crippen molar-refractivity contribution in [3.05, 3.63) is 12.2 Å². The summed E-state index contributed by atoms with van der Waals surface area (Å²) in [6.45, 7) is 1.24. The molecule has 0 radical (unpaired) electrons. The van der Waals surface area contributed by atoms with Crippen molar-refractivity contribution in [1.82, 2.24) is 5.32 Å². The Labute approximate surface area is 68.3 Å². The summed E-state index contributed by atoms with van der Waals surface area (Å²) in [4.78, 5) is 0. The highest BCUT2D eigenvalue weighted by Gasteiger charge is 2.32. The molecule has 0 aromatic rings. The Hall–Kier alpha value is -0.0100. The monoisotopic (exact) mass is 159 g/mol. The van der Waals surface area contributed by atoms with Crippen LogP contribution in [0, 0.1) is 0 Å². The molecular formula is C8H14ClN. The fourth-order valence-corrected chi connectivity index (χ4v) is 1.92. The maximum absolute atomic E-state index is 3.57. The van der Waals surface area contributed by atoms with E-state index in [1.54, 1.807) is 0 Å². The molecule has 2 aliphatic rings. The molecule has 10 heavy (non-hydrogen) atoms. The van der Waals surface area contributed by atoms with Crippen LogP contribution in [0.2, 0.25) is 0 Å². The van der Waals surface area contributed by atoms with Crippen LogP contribution < -0.4 is 5.32 Å². The maximum atomic E-state index is 3.57. The van der Waals surface area contributed by atoms with Crippen molar-refractivity contribution in [1.29, 1.82) is 0 Å². The van der Waals surface area contributed by atoms with Crippen molar-refractivity contribution in [2.24, 2.45) is 0 Å². The minimum absolute atomic E-state index is 0. The first-order valence-electron chi connectivity index (χ1n) is 3.81. The molecule has 0 aromatic carbocycles. The number of hydrogen-bond acceptors (Lipinski definition) is 1. The van der Waals surface area contributed by atoms with E-state index in [0.29, 0.717) is 5.54 Å². The minimum atomic E-state index is 0. The van der Waals surface area contributed by atoms with Crippen LogP contribution in [0.25, 0.3) is 0 Å². The van der Waals surface area contributed by atoms with E-state index in [9.17, 15) is 0 Å². The quantitative estimate of drug-likeness (QED) is 0.533. The van der Waals surface area contributed by atoms with Gasteiger partial charge in [-0.2, -0.15) is 0 Å². The van der Waals surface area contributed by atoms with Gasteiger partial charge >= 0.3 is 0 Å². The van der Waals surface area contributed by atoms with E-state index in [1.165, 1.54) is 32.2 Å². The van der Waals surface area contributed by atoms with Crippen molar-refractivity contribution in [2.75, 3.05) is 6.54 Å². The Morgan fingerprint density at radius 2 is 1.90 bits per heavy atom. The summed E-state index contributed by atoms with van der Waals surface area (Å²) >= 11 is 0. The van der Waals surface area contributed by atoms with Gasteiger partial charge in [0.05, 0.1) is 0 Å². The van der Waals surface area contributed by atoms with Crippen molar-refractivity contribution >= 4 is 12.4 Å². The van der Waals surface area contributed by atoms with Crippen molar-refractivity contribution in [2.45, 2.75) is 31.2 Å². The van der Waals surface area contributed by atoms with E-state index < -0.39 is 0 Å². The van der Waals surface area contributed by atoms with E-state index in [-0.39, 0.29) is 12.4 Å². The van der Waals surface area contributed by atoms with Gasteiger partial charge in [-0.25, -0.2) is 0 Å². The lowest BCUT2D eigenvalue weighted by Gasteiger charge is -2.22. The molecule has 1 aliphatic carbocycles. The second kappa shape index (κ2) is 2.93. The molecule has 1 saturated heterocycles. The molecule has 1 N–H and O–H groups in total. The van der Waals surface area contributed by atoms with Gasteiger partial charge in [-0.3, -0.25) is 0 Å². The van der Waals surface area contributed by atoms with Gasteiger partial charge in [0.2, 0.25) is 0 Å². The maximum Gasteiger partial charge on any atom is 0.0250 e. The zero-order chi connectivity index (χ0) is 6.16. The molecule has 58 valence electrons. The first-order chi connectivity index (χ1) is 4.41. The fourth-order valence-electron chi connectivity index (χ4n) is 1.92. The second-order valence-corrected chi connectivity index (χ2v) is 3.19. The molecule has 0 saturated carbocycles. The Bertz CT molecular complexity index is 126. The van der Waals surface area contributed by atoms with Crippen LogP contribution in [0.15, 0.2) is 12.2 Å². The Morgan fingerprint density at radius 3 is 2.40 bits per heavy atom. The van der Waals surface area contributed by atoms with E-state index in [1.807, 2.05) is 0 Å². The average Bonchev–Trinajstić information content (AvgIpc) is 2.45. The molecular weight excluding hydrogens is 146 g/mol. The summed E-state index contributed by atoms with van der Waals surface area (Å²) in [5.74, 6) is 0. The summed E-state index contributed by atoms with van der Waals surface area (Å²) < 4.78 is 0.